The summed E-state index contributed by atoms with van der Waals surface area (Å²) in [7, 11) is 0. The van der Waals surface area contributed by atoms with E-state index in [2.05, 4.69) is 33.4 Å². The molecule has 0 bridgehead atoms. The second-order valence-corrected chi connectivity index (χ2v) is 7.15. The Labute approximate surface area is 139 Å². The Balaban J connectivity index is 1.56. The summed E-state index contributed by atoms with van der Waals surface area (Å²) in [5, 5.41) is 10.1. The summed E-state index contributed by atoms with van der Waals surface area (Å²) in [5.74, 6) is -0.137. The van der Waals surface area contributed by atoms with Crippen molar-refractivity contribution in [2.45, 2.75) is 19.9 Å². The number of nitrogens with zero attached hydrogens (tertiary/aromatic N) is 2. The second kappa shape index (κ2) is 7.25. The number of amides is 1. The third-order valence-electron chi connectivity index (χ3n) is 3.83. The molecule has 0 unspecified atom stereocenters. The van der Waals surface area contributed by atoms with Gasteiger partial charge >= 0.3 is 0 Å². The van der Waals surface area contributed by atoms with Crippen LogP contribution in [0.3, 0.4) is 0 Å². The van der Waals surface area contributed by atoms with E-state index in [0.29, 0.717) is 5.69 Å². The maximum atomic E-state index is 12.3. The van der Waals surface area contributed by atoms with Crippen LogP contribution in [-0.2, 0) is 4.74 Å². The summed E-state index contributed by atoms with van der Waals surface area (Å²) in [4.78, 5) is 16.9. The molecule has 7 heteroatoms. The normalized spacial score (nSPS) is 17.1. The molecule has 2 N–H and O–H groups in total. The molecule has 0 radical (unpaired) electrons. The van der Waals surface area contributed by atoms with Crippen LogP contribution in [0, 0.1) is 6.92 Å². The molecule has 0 saturated carbocycles. The van der Waals surface area contributed by atoms with Crippen LogP contribution in [0.25, 0.3) is 10.6 Å². The molecule has 124 valence electrons. The number of aromatic amines is 1. The highest BCUT2D eigenvalue weighted by Gasteiger charge is 2.18. The highest BCUT2D eigenvalue weighted by atomic mass is 32.1. The Bertz CT molecular complexity index is 661. The number of rotatable bonds is 5. The zero-order chi connectivity index (χ0) is 16.2. The van der Waals surface area contributed by atoms with Gasteiger partial charge in [0.2, 0.25) is 0 Å². The smallest absolute Gasteiger partial charge is 0.272 e. The fourth-order valence-electron chi connectivity index (χ4n) is 2.66. The summed E-state index contributed by atoms with van der Waals surface area (Å²) in [5.41, 5.74) is 1.31. The van der Waals surface area contributed by atoms with Crippen molar-refractivity contribution in [3.05, 3.63) is 28.8 Å². The zero-order valence-electron chi connectivity index (χ0n) is 13.5. The van der Waals surface area contributed by atoms with Crippen molar-refractivity contribution in [3.8, 4) is 10.6 Å². The van der Waals surface area contributed by atoms with Crippen LogP contribution in [0.4, 0.5) is 0 Å². The van der Waals surface area contributed by atoms with Crippen LogP contribution < -0.4 is 5.32 Å². The summed E-state index contributed by atoms with van der Waals surface area (Å²) in [6.45, 7) is 8.29. The Morgan fingerprint density at radius 1 is 1.48 bits per heavy atom. The molecule has 0 aromatic carbocycles. The molecule has 1 amide bonds. The van der Waals surface area contributed by atoms with E-state index >= 15 is 0 Å². The number of carbonyl (C=O) groups is 1. The lowest BCUT2D eigenvalue weighted by molar-refractivity contribution is 0.0342. The number of nitrogens with one attached hydrogen (secondary N) is 2. The van der Waals surface area contributed by atoms with Gasteiger partial charge in [-0.1, -0.05) is 0 Å². The number of ether oxygens (including phenoxy) is 1. The van der Waals surface area contributed by atoms with Crippen LogP contribution in [0.5, 0.6) is 0 Å². The van der Waals surface area contributed by atoms with Crippen LogP contribution in [0.1, 0.15) is 22.3 Å². The van der Waals surface area contributed by atoms with Crippen LogP contribution in [0.2, 0.25) is 0 Å². The van der Waals surface area contributed by atoms with E-state index in [1.807, 2.05) is 19.1 Å². The lowest BCUT2D eigenvalue weighted by Crippen LogP contribution is -2.46. The maximum Gasteiger partial charge on any atom is 0.272 e. The van der Waals surface area contributed by atoms with E-state index in [-0.39, 0.29) is 11.9 Å². The predicted molar refractivity (Wildman–Crippen MR) is 90.8 cm³/mol. The summed E-state index contributed by atoms with van der Waals surface area (Å²) < 4.78 is 5.34. The van der Waals surface area contributed by atoms with E-state index in [1.54, 1.807) is 11.3 Å². The molecule has 1 aliphatic heterocycles. The minimum absolute atomic E-state index is 0.0738. The third kappa shape index (κ3) is 4.19. The number of aromatic nitrogens is 2. The number of aryl methyl sites for hydroxylation is 1. The molecule has 6 nitrogen and oxygen atoms in total. The molecular formula is C16H22N4O2S. The van der Waals surface area contributed by atoms with Crippen molar-refractivity contribution in [1.82, 2.24) is 20.4 Å². The monoisotopic (exact) mass is 334 g/mol. The van der Waals surface area contributed by atoms with Crippen molar-refractivity contribution in [1.29, 1.82) is 0 Å². The minimum atomic E-state index is -0.137. The van der Waals surface area contributed by atoms with Gasteiger partial charge in [-0.05, 0) is 32.0 Å². The van der Waals surface area contributed by atoms with Gasteiger partial charge in [-0.3, -0.25) is 14.8 Å². The molecule has 1 aliphatic rings. The second-order valence-electron chi connectivity index (χ2n) is 5.86. The number of H-pyrrole nitrogens is 1. The summed E-state index contributed by atoms with van der Waals surface area (Å²) in [6.07, 6.45) is 0. The van der Waals surface area contributed by atoms with Crippen molar-refractivity contribution >= 4 is 17.2 Å². The first-order chi connectivity index (χ1) is 11.1. The van der Waals surface area contributed by atoms with Crippen molar-refractivity contribution in [2.24, 2.45) is 0 Å². The molecule has 1 saturated heterocycles. The molecule has 0 spiro atoms. The quantitative estimate of drug-likeness (QED) is 0.876. The van der Waals surface area contributed by atoms with E-state index in [4.69, 9.17) is 4.74 Å². The van der Waals surface area contributed by atoms with Crippen molar-refractivity contribution in [2.75, 3.05) is 32.8 Å². The number of hydrogen-bond donors (Lipinski definition) is 2. The molecular weight excluding hydrogens is 312 g/mol. The predicted octanol–water partition coefficient (Wildman–Crippen LogP) is 1.90. The lowest BCUT2D eigenvalue weighted by Gasteiger charge is -2.29. The largest absolute Gasteiger partial charge is 0.379 e. The number of morpholine rings is 1. The van der Waals surface area contributed by atoms with Gasteiger partial charge in [-0.2, -0.15) is 5.10 Å². The fraction of sp³-hybridized carbons (Fsp3) is 0.500. The van der Waals surface area contributed by atoms with E-state index in [9.17, 15) is 4.79 Å². The zero-order valence-corrected chi connectivity index (χ0v) is 14.3. The van der Waals surface area contributed by atoms with Crippen LogP contribution in [-0.4, -0.2) is 59.9 Å². The molecule has 3 heterocycles. The first-order valence-electron chi connectivity index (χ1n) is 7.85. The molecule has 0 aliphatic carbocycles. The van der Waals surface area contributed by atoms with Gasteiger partial charge in [0.1, 0.15) is 0 Å². The molecule has 23 heavy (non-hydrogen) atoms. The molecule has 3 rings (SSSR count). The molecule has 1 fully saturated rings. The van der Waals surface area contributed by atoms with Crippen molar-refractivity contribution < 1.29 is 9.53 Å². The van der Waals surface area contributed by atoms with Crippen molar-refractivity contribution in [3.63, 3.8) is 0 Å². The van der Waals surface area contributed by atoms with Crippen LogP contribution >= 0.6 is 11.3 Å². The Kier molecular flexibility index (Phi) is 5.09. The van der Waals surface area contributed by atoms with E-state index in [0.717, 1.165) is 43.4 Å². The first kappa shape index (κ1) is 16.2. The maximum absolute atomic E-state index is 12.3. The van der Waals surface area contributed by atoms with Gasteiger partial charge in [-0.25, -0.2) is 0 Å². The summed E-state index contributed by atoms with van der Waals surface area (Å²) >= 11 is 1.68. The van der Waals surface area contributed by atoms with Crippen LogP contribution in [0.15, 0.2) is 18.2 Å². The van der Waals surface area contributed by atoms with E-state index in [1.165, 1.54) is 4.88 Å². The van der Waals surface area contributed by atoms with Gasteiger partial charge in [-0.15, -0.1) is 11.3 Å². The standard InChI is InChI=1S/C16H22N4O2S/c1-11(10-20-5-7-22-8-6-20)17-16(21)14-9-13(18-19-14)15-4-3-12(2)23-15/h3-4,9,11H,5-8,10H2,1-2H3,(H,17,21)(H,18,19)/t11-/m0/s1. The Hall–Kier alpha value is -1.70. The van der Waals surface area contributed by atoms with Gasteiger partial charge in [0.25, 0.3) is 5.91 Å². The first-order valence-corrected chi connectivity index (χ1v) is 8.66. The number of thiophene rings is 1. The average molecular weight is 334 g/mol. The van der Waals surface area contributed by atoms with Gasteiger partial charge in [0, 0.05) is 30.6 Å². The van der Waals surface area contributed by atoms with E-state index < -0.39 is 0 Å². The molecule has 1 atom stereocenters. The Morgan fingerprint density at radius 2 is 2.26 bits per heavy atom. The van der Waals surface area contributed by atoms with Gasteiger partial charge in [0.15, 0.2) is 5.69 Å². The number of hydrogen-bond acceptors (Lipinski definition) is 5. The lowest BCUT2D eigenvalue weighted by atomic mass is 10.2. The minimum Gasteiger partial charge on any atom is -0.379 e. The van der Waals surface area contributed by atoms with Gasteiger partial charge in [0.05, 0.1) is 23.8 Å². The van der Waals surface area contributed by atoms with Gasteiger partial charge < -0.3 is 10.1 Å². The highest BCUT2D eigenvalue weighted by molar-refractivity contribution is 7.15. The number of carbonyl (C=O) groups excluding carboxylic acids is 1. The average Bonchev–Trinajstić information content (AvgIpc) is 3.16. The third-order valence-corrected chi connectivity index (χ3v) is 4.86. The molecule has 2 aromatic heterocycles. The highest BCUT2D eigenvalue weighted by Crippen LogP contribution is 2.26. The molecule has 2 aromatic rings. The topological polar surface area (TPSA) is 70.2 Å². The Morgan fingerprint density at radius 3 is 2.96 bits per heavy atom. The SMILES string of the molecule is Cc1ccc(-c2cc(C(=O)N[C@@H](C)CN3CCOCC3)n[nH]2)s1. The fourth-order valence-corrected chi connectivity index (χ4v) is 3.49. The summed E-state index contributed by atoms with van der Waals surface area (Å²) in [6, 6.07) is 5.98.